The maximum absolute atomic E-state index is 13.2. The van der Waals surface area contributed by atoms with Crippen molar-refractivity contribution in [2.45, 2.75) is 26.3 Å². The minimum atomic E-state index is -0.217. The zero-order chi connectivity index (χ0) is 17.7. The standard InChI is InChI=1S/C20H22N4OS/c1-14-10-22-19(26-14)24-9-7-20(13-24)6-8-23(18(20)25)12-15-11-21-17-5-3-2-4-16(15)17/h2-5,10-11,21H,6-9,12-13H2,1H3. The normalized spacial score (nSPS) is 23.0. The van der Waals surface area contributed by atoms with Gasteiger partial charge in [-0.3, -0.25) is 4.79 Å². The van der Waals surface area contributed by atoms with Crippen LogP contribution in [-0.4, -0.2) is 40.4 Å². The Morgan fingerprint density at radius 2 is 2.12 bits per heavy atom. The third-order valence-electron chi connectivity index (χ3n) is 5.87. The van der Waals surface area contributed by atoms with E-state index in [-0.39, 0.29) is 5.41 Å². The van der Waals surface area contributed by atoms with Crippen molar-refractivity contribution in [3.63, 3.8) is 0 Å². The number of para-hydroxylation sites is 1. The van der Waals surface area contributed by atoms with Crippen molar-refractivity contribution in [2.24, 2.45) is 5.41 Å². The van der Waals surface area contributed by atoms with Crippen LogP contribution < -0.4 is 4.90 Å². The van der Waals surface area contributed by atoms with E-state index >= 15 is 0 Å². The minimum Gasteiger partial charge on any atom is -0.361 e. The summed E-state index contributed by atoms with van der Waals surface area (Å²) in [4.78, 5) is 26.6. The van der Waals surface area contributed by atoms with E-state index in [1.54, 1.807) is 11.3 Å². The molecule has 0 saturated carbocycles. The Morgan fingerprint density at radius 3 is 2.96 bits per heavy atom. The van der Waals surface area contributed by atoms with E-state index in [0.29, 0.717) is 12.5 Å². The van der Waals surface area contributed by atoms with Crippen molar-refractivity contribution in [3.05, 3.63) is 47.1 Å². The van der Waals surface area contributed by atoms with E-state index in [4.69, 9.17) is 0 Å². The number of aromatic nitrogens is 2. The molecule has 6 heteroatoms. The van der Waals surface area contributed by atoms with Crippen molar-refractivity contribution in [1.82, 2.24) is 14.9 Å². The van der Waals surface area contributed by atoms with Gasteiger partial charge in [-0.1, -0.05) is 18.2 Å². The van der Waals surface area contributed by atoms with Crippen LogP contribution in [0.4, 0.5) is 5.13 Å². The molecule has 5 rings (SSSR count). The zero-order valence-electron chi connectivity index (χ0n) is 14.9. The van der Waals surface area contributed by atoms with Gasteiger partial charge in [-0.05, 0) is 31.4 Å². The highest BCUT2D eigenvalue weighted by Crippen LogP contribution is 2.43. The van der Waals surface area contributed by atoms with E-state index in [0.717, 1.165) is 43.1 Å². The summed E-state index contributed by atoms with van der Waals surface area (Å²) < 4.78 is 0. The molecule has 4 heterocycles. The van der Waals surface area contributed by atoms with Gasteiger partial charge in [0.15, 0.2) is 5.13 Å². The summed E-state index contributed by atoms with van der Waals surface area (Å²) in [6.45, 7) is 5.36. The van der Waals surface area contributed by atoms with E-state index in [9.17, 15) is 4.79 Å². The molecule has 2 aliphatic heterocycles. The Balaban J connectivity index is 1.34. The Hall–Kier alpha value is -2.34. The number of likely N-dealkylation sites (tertiary alicyclic amines) is 1. The fourth-order valence-corrected chi connectivity index (χ4v) is 5.20. The van der Waals surface area contributed by atoms with Crippen molar-refractivity contribution >= 4 is 33.3 Å². The number of anilines is 1. The lowest BCUT2D eigenvalue weighted by molar-refractivity contribution is -0.135. The summed E-state index contributed by atoms with van der Waals surface area (Å²) in [6.07, 6.45) is 5.86. The van der Waals surface area contributed by atoms with Gasteiger partial charge >= 0.3 is 0 Å². The molecule has 2 aliphatic rings. The number of fused-ring (bicyclic) bond motifs is 1. The highest BCUT2D eigenvalue weighted by molar-refractivity contribution is 7.15. The molecule has 1 unspecified atom stereocenters. The average Bonchev–Trinajstić information content (AvgIpc) is 3.41. The van der Waals surface area contributed by atoms with Crippen molar-refractivity contribution < 1.29 is 4.79 Å². The quantitative estimate of drug-likeness (QED) is 0.771. The molecule has 1 spiro atoms. The zero-order valence-corrected chi connectivity index (χ0v) is 15.7. The average molecular weight is 366 g/mol. The number of amides is 1. The Bertz CT molecular complexity index is 977. The van der Waals surface area contributed by atoms with E-state index in [1.807, 2.05) is 23.4 Å². The number of hydrogen-bond donors (Lipinski definition) is 1. The summed E-state index contributed by atoms with van der Waals surface area (Å²) in [6, 6.07) is 8.29. The van der Waals surface area contributed by atoms with Crippen molar-refractivity contribution in [1.29, 1.82) is 0 Å². The van der Waals surface area contributed by atoms with E-state index in [1.165, 1.54) is 15.8 Å². The monoisotopic (exact) mass is 366 g/mol. The van der Waals surface area contributed by atoms with E-state index < -0.39 is 0 Å². The van der Waals surface area contributed by atoms with Gasteiger partial charge in [0.1, 0.15) is 0 Å². The van der Waals surface area contributed by atoms with Gasteiger partial charge in [-0.25, -0.2) is 4.98 Å². The minimum absolute atomic E-state index is 0.217. The summed E-state index contributed by atoms with van der Waals surface area (Å²) in [5.74, 6) is 0.318. The lowest BCUT2D eigenvalue weighted by atomic mass is 9.85. The first-order chi connectivity index (χ1) is 12.6. The van der Waals surface area contributed by atoms with Gasteiger partial charge in [-0.15, -0.1) is 11.3 Å². The second kappa shape index (κ2) is 5.84. The van der Waals surface area contributed by atoms with Crippen LogP contribution in [0.1, 0.15) is 23.3 Å². The Kier molecular flexibility index (Phi) is 3.57. The number of hydrogen-bond acceptors (Lipinski definition) is 4. The first kappa shape index (κ1) is 15.9. The number of carbonyl (C=O) groups excluding carboxylic acids is 1. The molecule has 134 valence electrons. The number of nitrogens with zero attached hydrogens (tertiary/aromatic N) is 3. The van der Waals surface area contributed by atoms with Gasteiger partial charge < -0.3 is 14.8 Å². The number of benzene rings is 1. The molecule has 0 bridgehead atoms. The molecule has 1 N–H and O–H groups in total. The summed E-state index contributed by atoms with van der Waals surface area (Å²) in [7, 11) is 0. The molecule has 0 aliphatic carbocycles. The first-order valence-corrected chi connectivity index (χ1v) is 9.98. The number of H-pyrrole nitrogens is 1. The second-order valence-electron chi connectivity index (χ2n) is 7.54. The molecule has 26 heavy (non-hydrogen) atoms. The lowest BCUT2D eigenvalue weighted by Gasteiger charge is -2.23. The van der Waals surface area contributed by atoms with E-state index in [2.05, 4.69) is 40.0 Å². The van der Waals surface area contributed by atoms with Gasteiger partial charge in [0, 0.05) is 54.4 Å². The van der Waals surface area contributed by atoms with Gasteiger partial charge in [0.2, 0.25) is 5.91 Å². The van der Waals surface area contributed by atoms with Crippen molar-refractivity contribution in [2.75, 3.05) is 24.5 Å². The molecular formula is C20H22N4OS. The molecule has 3 aromatic rings. The van der Waals surface area contributed by atoms with Crippen LogP contribution in [0.25, 0.3) is 10.9 Å². The maximum atomic E-state index is 13.2. The Labute approximate surface area is 156 Å². The number of aryl methyl sites for hydroxylation is 1. The number of nitrogens with one attached hydrogen (secondary N) is 1. The highest BCUT2D eigenvalue weighted by Gasteiger charge is 2.51. The third-order valence-corrected chi connectivity index (χ3v) is 6.84. The SMILES string of the molecule is Cc1cnc(N2CCC3(CCN(Cc4c[nH]c5ccccc45)C3=O)C2)s1. The molecule has 1 aromatic carbocycles. The third kappa shape index (κ3) is 2.43. The van der Waals surface area contributed by atoms with Crippen LogP contribution in [0.3, 0.4) is 0 Å². The van der Waals surface area contributed by atoms with Crippen LogP contribution in [0, 0.1) is 12.3 Å². The van der Waals surface area contributed by atoms with Gasteiger partial charge in [0.25, 0.3) is 0 Å². The molecule has 5 nitrogen and oxygen atoms in total. The number of aromatic amines is 1. The van der Waals surface area contributed by atoms with Crippen LogP contribution in [-0.2, 0) is 11.3 Å². The summed E-state index contributed by atoms with van der Waals surface area (Å²) in [5, 5.41) is 2.27. The molecule has 2 saturated heterocycles. The fourth-order valence-electron chi connectivity index (χ4n) is 4.42. The van der Waals surface area contributed by atoms with Crippen molar-refractivity contribution in [3.8, 4) is 0 Å². The van der Waals surface area contributed by atoms with Crippen LogP contribution in [0.2, 0.25) is 0 Å². The first-order valence-electron chi connectivity index (χ1n) is 9.16. The number of rotatable bonds is 3. The summed E-state index contributed by atoms with van der Waals surface area (Å²) in [5.41, 5.74) is 2.12. The van der Waals surface area contributed by atoms with Gasteiger partial charge in [0.05, 0.1) is 5.41 Å². The maximum Gasteiger partial charge on any atom is 0.231 e. The molecular weight excluding hydrogens is 344 g/mol. The molecule has 2 fully saturated rings. The predicted molar refractivity (Wildman–Crippen MR) is 104 cm³/mol. The molecule has 0 radical (unpaired) electrons. The predicted octanol–water partition coefficient (Wildman–Crippen LogP) is 3.56. The van der Waals surface area contributed by atoms with Crippen LogP contribution >= 0.6 is 11.3 Å². The van der Waals surface area contributed by atoms with Crippen LogP contribution in [0.5, 0.6) is 0 Å². The molecule has 1 atom stereocenters. The van der Waals surface area contributed by atoms with Gasteiger partial charge in [-0.2, -0.15) is 0 Å². The van der Waals surface area contributed by atoms with Crippen LogP contribution in [0.15, 0.2) is 36.7 Å². The molecule has 1 amide bonds. The highest BCUT2D eigenvalue weighted by atomic mass is 32.1. The fraction of sp³-hybridized carbons (Fsp3) is 0.400. The summed E-state index contributed by atoms with van der Waals surface area (Å²) >= 11 is 1.72. The second-order valence-corrected chi connectivity index (χ2v) is 8.75. The number of thiazole rings is 1. The number of carbonyl (C=O) groups is 1. The largest absolute Gasteiger partial charge is 0.361 e. The molecule has 2 aromatic heterocycles. The lowest BCUT2D eigenvalue weighted by Crippen LogP contribution is -2.36. The smallest absolute Gasteiger partial charge is 0.231 e. The Morgan fingerprint density at radius 1 is 1.27 bits per heavy atom. The topological polar surface area (TPSA) is 52.2 Å².